The molecule has 5 nitrogen and oxygen atoms in total. The van der Waals surface area contributed by atoms with E-state index in [1.165, 1.54) is 12.5 Å². The molecule has 106 valence electrons. The molecule has 1 unspecified atom stereocenters. The maximum atomic E-state index is 11.5. The predicted molar refractivity (Wildman–Crippen MR) is 76.7 cm³/mol. The van der Waals surface area contributed by atoms with E-state index in [1.54, 1.807) is 0 Å². The average molecular weight is 274 g/mol. The van der Waals surface area contributed by atoms with Gasteiger partial charge in [0.2, 0.25) is 5.91 Å². The molecule has 5 heteroatoms. The number of rotatable bonds is 5. The number of amides is 1. The summed E-state index contributed by atoms with van der Waals surface area (Å²) in [6, 6.07) is 8.15. The van der Waals surface area contributed by atoms with Crippen molar-refractivity contribution in [2.24, 2.45) is 0 Å². The van der Waals surface area contributed by atoms with Crippen LogP contribution in [0.2, 0.25) is 0 Å². The van der Waals surface area contributed by atoms with Crippen molar-refractivity contribution in [1.29, 1.82) is 0 Å². The Labute approximate surface area is 117 Å². The SMILES string of the molecule is C/C(=C\C(=O)NCCC1CNc2ccccc21)C(=O)O. The van der Waals surface area contributed by atoms with Gasteiger partial charge in [-0.05, 0) is 25.0 Å². The molecule has 0 aliphatic carbocycles. The van der Waals surface area contributed by atoms with E-state index in [9.17, 15) is 9.59 Å². The molecule has 2 rings (SSSR count). The molecule has 1 aromatic rings. The second kappa shape index (κ2) is 6.23. The second-order valence-electron chi connectivity index (χ2n) is 4.88. The minimum atomic E-state index is -1.07. The number of carboxylic acids is 1. The number of para-hydroxylation sites is 1. The monoisotopic (exact) mass is 274 g/mol. The van der Waals surface area contributed by atoms with Gasteiger partial charge in [-0.2, -0.15) is 0 Å². The van der Waals surface area contributed by atoms with Gasteiger partial charge in [-0.1, -0.05) is 18.2 Å². The van der Waals surface area contributed by atoms with Gasteiger partial charge in [0.1, 0.15) is 0 Å². The predicted octanol–water partition coefficient (Wildman–Crippen LogP) is 1.73. The zero-order chi connectivity index (χ0) is 14.5. The van der Waals surface area contributed by atoms with Gasteiger partial charge < -0.3 is 15.7 Å². The third kappa shape index (κ3) is 3.38. The van der Waals surface area contributed by atoms with Crippen molar-refractivity contribution in [1.82, 2.24) is 5.32 Å². The quantitative estimate of drug-likeness (QED) is 0.715. The number of anilines is 1. The number of carboxylic acid groups (broad SMARTS) is 1. The van der Waals surface area contributed by atoms with Crippen LogP contribution in [0.1, 0.15) is 24.8 Å². The lowest BCUT2D eigenvalue weighted by Gasteiger charge is -2.10. The summed E-state index contributed by atoms with van der Waals surface area (Å²) in [6.07, 6.45) is 1.94. The van der Waals surface area contributed by atoms with Crippen LogP contribution in [0.3, 0.4) is 0 Å². The van der Waals surface area contributed by atoms with E-state index < -0.39 is 5.97 Å². The Hall–Kier alpha value is -2.30. The number of benzene rings is 1. The molecular weight excluding hydrogens is 256 g/mol. The van der Waals surface area contributed by atoms with Gasteiger partial charge in [0, 0.05) is 36.3 Å². The Balaban J connectivity index is 1.82. The maximum absolute atomic E-state index is 11.5. The molecule has 0 aromatic heterocycles. The van der Waals surface area contributed by atoms with Crippen LogP contribution in [0, 0.1) is 0 Å². The van der Waals surface area contributed by atoms with Crippen LogP contribution in [0.15, 0.2) is 35.9 Å². The summed E-state index contributed by atoms with van der Waals surface area (Å²) < 4.78 is 0. The lowest BCUT2D eigenvalue weighted by Crippen LogP contribution is -2.24. The van der Waals surface area contributed by atoms with Crippen LogP contribution in [0.4, 0.5) is 5.69 Å². The van der Waals surface area contributed by atoms with Crippen molar-refractivity contribution in [3.8, 4) is 0 Å². The highest BCUT2D eigenvalue weighted by molar-refractivity contribution is 5.97. The number of fused-ring (bicyclic) bond motifs is 1. The highest BCUT2D eigenvalue weighted by Crippen LogP contribution is 2.32. The molecular formula is C15H18N2O3. The number of hydrogen-bond donors (Lipinski definition) is 3. The summed E-state index contributed by atoms with van der Waals surface area (Å²) in [6.45, 7) is 2.81. The van der Waals surface area contributed by atoms with Gasteiger partial charge in [-0.25, -0.2) is 4.79 Å². The molecule has 20 heavy (non-hydrogen) atoms. The van der Waals surface area contributed by atoms with Crippen molar-refractivity contribution in [3.63, 3.8) is 0 Å². The van der Waals surface area contributed by atoms with E-state index in [0.717, 1.165) is 24.7 Å². The van der Waals surface area contributed by atoms with Crippen molar-refractivity contribution < 1.29 is 14.7 Å². The first-order valence-electron chi connectivity index (χ1n) is 6.60. The summed E-state index contributed by atoms with van der Waals surface area (Å²) in [4.78, 5) is 22.1. The topological polar surface area (TPSA) is 78.4 Å². The lowest BCUT2D eigenvalue weighted by atomic mass is 9.98. The molecule has 1 amide bonds. The fourth-order valence-corrected chi connectivity index (χ4v) is 2.29. The fraction of sp³-hybridized carbons (Fsp3) is 0.333. The summed E-state index contributed by atoms with van der Waals surface area (Å²) in [7, 11) is 0. The molecule has 0 spiro atoms. The summed E-state index contributed by atoms with van der Waals surface area (Å²) in [5, 5.41) is 14.7. The highest BCUT2D eigenvalue weighted by atomic mass is 16.4. The van der Waals surface area contributed by atoms with Crippen LogP contribution in [-0.2, 0) is 9.59 Å². The van der Waals surface area contributed by atoms with E-state index in [-0.39, 0.29) is 11.5 Å². The second-order valence-corrected chi connectivity index (χ2v) is 4.88. The Morgan fingerprint density at radius 1 is 1.45 bits per heavy atom. The van der Waals surface area contributed by atoms with Gasteiger partial charge in [-0.3, -0.25) is 4.79 Å². The minimum absolute atomic E-state index is 0.0374. The fourth-order valence-electron chi connectivity index (χ4n) is 2.29. The third-order valence-electron chi connectivity index (χ3n) is 3.42. The van der Waals surface area contributed by atoms with E-state index in [2.05, 4.69) is 16.7 Å². The molecule has 1 aromatic carbocycles. The summed E-state index contributed by atoms with van der Waals surface area (Å²) >= 11 is 0. The number of aliphatic carboxylic acids is 1. The smallest absolute Gasteiger partial charge is 0.331 e. The van der Waals surface area contributed by atoms with Crippen LogP contribution in [0.5, 0.6) is 0 Å². The standard InChI is InChI=1S/C15H18N2O3/c1-10(15(19)20)8-14(18)16-7-6-11-9-17-13-5-3-2-4-12(11)13/h2-5,8,11,17H,6-7,9H2,1H3,(H,16,18)(H,19,20)/b10-8+. The largest absolute Gasteiger partial charge is 0.478 e. The van der Waals surface area contributed by atoms with Crippen molar-refractivity contribution in [2.45, 2.75) is 19.3 Å². The molecule has 0 saturated carbocycles. The van der Waals surface area contributed by atoms with Gasteiger partial charge in [0.15, 0.2) is 0 Å². The zero-order valence-electron chi connectivity index (χ0n) is 11.3. The van der Waals surface area contributed by atoms with Crippen molar-refractivity contribution in [3.05, 3.63) is 41.5 Å². The minimum Gasteiger partial charge on any atom is -0.478 e. The van der Waals surface area contributed by atoms with E-state index in [0.29, 0.717) is 12.5 Å². The number of carbonyl (C=O) groups is 2. The normalized spacial score (nSPS) is 17.2. The van der Waals surface area contributed by atoms with Crippen LogP contribution in [0.25, 0.3) is 0 Å². The van der Waals surface area contributed by atoms with Gasteiger partial charge in [-0.15, -0.1) is 0 Å². The number of hydrogen-bond acceptors (Lipinski definition) is 3. The molecule has 1 aliphatic heterocycles. The maximum Gasteiger partial charge on any atom is 0.331 e. The highest BCUT2D eigenvalue weighted by Gasteiger charge is 2.20. The van der Waals surface area contributed by atoms with Gasteiger partial charge in [0.05, 0.1) is 0 Å². The first-order valence-corrected chi connectivity index (χ1v) is 6.60. The van der Waals surface area contributed by atoms with E-state index >= 15 is 0 Å². The average Bonchev–Trinajstić information content (AvgIpc) is 2.82. The van der Waals surface area contributed by atoms with Gasteiger partial charge in [0.25, 0.3) is 0 Å². The van der Waals surface area contributed by atoms with Gasteiger partial charge >= 0.3 is 5.97 Å². The van der Waals surface area contributed by atoms with Crippen molar-refractivity contribution >= 4 is 17.6 Å². The molecule has 0 radical (unpaired) electrons. The van der Waals surface area contributed by atoms with E-state index in [4.69, 9.17) is 5.11 Å². The van der Waals surface area contributed by atoms with Crippen LogP contribution in [-0.4, -0.2) is 30.1 Å². The number of nitrogens with one attached hydrogen (secondary N) is 2. The molecule has 0 saturated heterocycles. The number of carbonyl (C=O) groups excluding carboxylic acids is 1. The Morgan fingerprint density at radius 3 is 2.95 bits per heavy atom. The van der Waals surface area contributed by atoms with Crippen LogP contribution < -0.4 is 10.6 Å². The first kappa shape index (κ1) is 14.1. The molecule has 0 fully saturated rings. The Bertz CT molecular complexity index is 552. The molecule has 1 heterocycles. The molecule has 1 atom stereocenters. The molecule has 3 N–H and O–H groups in total. The van der Waals surface area contributed by atoms with Crippen molar-refractivity contribution in [2.75, 3.05) is 18.4 Å². The third-order valence-corrected chi connectivity index (χ3v) is 3.42. The zero-order valence-corrected chi connectivity index (χ0v) is 11.3. The first-order chi connectivity index (χ1) is 9.58. The molecule has 0 bridgehead atoms. The van der Waals surface area contributed by atoms with E-state index in [1.807, 2.05) is 18.2 Å². The molecule has 1 aliphatic rings. The summed E-state index contributed by atoms with van der Waals surface area (Å²) in [5.74, 6) is -1.05. The van der Waals surface area contributed by atoms with Crippen LogP contribution >= 0.6 is 0 Å². The Morgan fingerprint density at radius 2 is 2.20 bits per heavy atom. The summed E-state index contributed by atoms with van der Waals surface area (Å²) in [5.41, 5.74) is 2.47. The Kier molecular flexibility index (Phi) is 4.40. The lowest BCUT2D eigenvalue weighted by molar-refractivity contribution is -0.133.